The van der Waals surface area contributed by atoms with Crippen LogP contribution in [0.5, 0.6) is 0 Å². The van der Waals surface area contributed by atoms with Crippen LogP contribution < -0.4 is 10.6 Å². The van der Waals surface area contributed by atoms with Gasteiger partial charge in [-0.1, -0.05) is 18.2 Å². The van der Waals surface area contributed by atoms with Crippen LogP contribution in [-0.4, -0.2) is 24.1 Å². The number of fused-ring (bicyclic) bond motifs is 1. The predicted octanol–water partition coefficient (Wildman–Crippen LogP) is 2.79. The van der Waals surface area contributed by atoms with Gasteiger partial charge in [0.05, 0.1) is 5.52 Å². The lowest BCUT2D eigenvalue weighted by Crippen LogP contribution is -2.24. The van der Waals surface area contributed by atoms with E-state index >= 15 is 0 Å². The molecule has 2 aromatic rings. The lowest BCUT2D eigenvalue weighted by molar-refractivity contribution is 0.574. The molecular weight excluding hydrogens is 222 g/mol. The van der Waals surface area contributed by atoms with E-state index in [9.17, 15) is 0 Å². The third kappa shape index (κ3) is 2.62. The Balaban J connectivity index is 1.60. The van der Waals surface area contributed by atoms with Crippen molar-refractivity contribution in [1.29, 1.82) is 0 Å². The number of benzene rings is 1. The molecule has 0 unspecified atom stereocenters. The highest BCUT2D eigenvalue weighted by Gasteiger charge is 2.12. The topological polar surface area (TPSA) is 37.0 Å². The van der Waals surface area contributed by atoms with Crippen molar-refractivity contribution in [2.24, 2.45) is 0 Å². The molecule has 3 heteroatoms. The maximum Gasteiger partial charge on any atom is 0.126 e. The maximum absolute atomic E-state index is 4.61. The van der Waals surface area contributed by atoms with Gasteiger partial charge >= 0.3 is 0 Å². The highest BCUT2D eigenvalue weighted by atomic mass is 15.0. The van der Waals surface area contributed by atoms with Crippen LogP contribution in [0, 0.1) is 0 Å². The number of hydrogen-bond donors (Lipinski definition) is 2. The van der Waals surface area contributed by atoms with Crippen molar-refractivity contribution in [2.45, 2.75) is 25.3 Å². The molecule has 1 atom stereocenters. The molecule has 1 aliphatic heterocycles. The van der Waals surface area contributed by atoms with E-state index in [1.807, 2.05) is 12.1 Å². The summed E-state index contributed by atoms with van der Waals surface area (Å²) in [7, 11) is 0. The van der Waals surface area contributed by atoms with Gasteiger partial charge in [0.1, 0.15) is 5.82 Å². The minimum Gasteiger partial charge on any atom is -0.370 e. The normalized spacial score (nSPS) is 19.2. The molecule has 3 nitrogen and oxygen atoms in total. The Labute approximate surface area is 108 Å². The molecule has 1 aromatic carbocycles. The van der Waals surface area contributed by atoms with Crippen LogP contribution in [0.2, 0.25) is 0 Å². The molecule has 18 heavy (non-hydrogen) atoms. The first kappa shape index (κ1) is 11.5. The van der Waals surface area contributed by atoms with Gasteiger partial charge in [0.25, 0.3) is 0 Å². The van der Waals surface area contributed by atoms with Gasteiger partial charge in [-0.05, 0) is 44.0 Å². The second-order valence-electron chi connectivity index (χ2n) is 4.90. The van der Waals surface area contributed by atoms with Gasteiger partial charge in [-0.25, -0.2) is 4.98 Å². The van der Waals surface area contributed by atoms with Gasteiger partial charge < -0.3 is 10.6 Å². The number of nitrogens with zero attached hydrogens (tertiary/aromatic N) is 1. The zero-order valence-corrected chi connectivity index (χ0v) is 10.5. The Morgan fingerprint density at radius 1 is 1.22 bits per heavy atom. The molecule has 0 spiro atoms. The number of hydrogen-bond acceptors (Lipinski definition) is 3. The van der Waals surface area contributed by atoms with Gasteiger partial charge in [-0.2, -0.15) is 0 Å². The summed E-state index contributed by atoms with van der Waals surface area (Å²) >= 11 is 0. The molecule has 2 heterocycles. The Morgan fingerprint density at radius 2 is 2.17 bits per heavy atom. The first-order chi connectivity index (χ1) is 8.92. The number of pyridine rings is 1. The minimum absolute atomic E-state index is 0.693. The average molecular weight is 241 g/mol. The lowest BCUT2D eigenvalue weighted by Gasteiger charge is -2.11. The fourth-order valence-electron chi connectivity index (χ4n) is 2.54. The van der Waals surface area contributed by atoms with E-state index in [2.05, 4.69) is 39.9 Å². The van der Waals surface area contributed by atoms with E-state index in [1.165, 1.54) is 31.2 Å². The van der Waals surface area contributed by atoms with E-state index < -0.39 is 0 Å². The summed E-state index contributed by atoms with van der Waals surface area (Å²) < 4.78 is 0. The molecule has 1 aliphatic rings. The van der Waals surface area contributed by atoms with Crippen LogP contribution >= 0.6 is 0 Å². The third-order valence-electron chi connectivity index (χ3n) is 3.56. The van der Waals surface area contributed by atoms with Crippen LogP contribution in [0.3, 0.4) is 0 Å². The second kappa shape index (κ2) is 5.36. The molecule has 1 fully saturated rings. The zero-order valence-electron chi connectivity index (χ0n) is 10.5. The maximum atomic E-state index is 4.61. The van der Waals surface area contributed by atoms with E-state index in [0.29, 0.717) is 6.04 Å². The van der Waals surface area contributed by atoms with Gasteiger partial charge in [0, 0.05) is 18.0 Å². The van der Waals surface area contributed by atoms with Crippen molar-refractivity contribution in [3.8, 4) is 0 Å². The van der Waals surface area contributed by atoms with E-state index in [-0.39, 0.29) is 0 Å². The zero-order chi connectivity index (χ0) is 12.2. The smallest absolute Gasteiger partial charge is 0.126 e. The van der Waals surface area contributed by atoms with Gasteiger partial charge in [-0.15, -0.1) is 0 Å². The van der Waals surface area contributed by atoms with E-state index in [4.69, 9.17) is 0 Å². The molecule has 1 aromatic heterocycles. The molecular formula is C15H19N3. The number of anilines is 1. The van der Waals surface area contributed by atoms with Crippen molar-refractivity contribution in [3.63, 3.8) is 0 Å². The molecule has 0 amide bonds. The van der Waals surface area contributed by atoms with Gasteiger partial charge in [-0.3, -0.25) is 0 Å². The Kier molecular flexibility index (Phi) is 3.42. The highest BCUT2D eigenvalue weighted by Crippen LogP contribution is 2.15. The standard InChI is InChI=1S/C15H19N3/c1-2-6-14-12(4-1)7-8-15(18-14)17-11-9-13-5-3-10-16-13/h1-2,4,6-8,13,16H,3,5,9-11H2,(H,17,18)/t13-/m1/s1. The Morgan fingerprint density at radius 3 is 3.06 bits per heavy atom. The summed E-state index contributed by atoms with van der Waals surface area (Å²) in [6.07, 6.45) is 3.81. The molecule has 3 rings (SSSR count). The fraction of sp³-hybridized carbons (Fsp3) is 0.400. The molecule has 0 bridgehead atoms. The largest absolute Gasteiger partial charge is 0.370 e. The van der Waals surface area contributed by atoms with E-state index in [0.717, 1.165) is 17.9 Å². The van der Waals surface area contributed by atoms with Gasteiger partial charge in [0.15, 0.2) is 0 Å². The lowest BCUT2D eigenvalue weighted by atomic mass is 10.1. The molecule has 1 saturated heterocycles. The molecule has 94 valence electrons. The summed E-state index contributed by atoms with van der Waals surface area (Å²) in [6, 6.07) is 13.1. The van der Waals surface area contributed by atoms with Crippen molar-refractivity contribution in [2.75, 3.05) is 18.4 Å². The average Bonchev–Trinajstić information content (AvgIpc) is 2.92. The van der Waals surface area contributed by atoms with Gasteiger partial charge in [0.2, 0.25) is 0 Å². The first-order valence-corrected chi connectivity index (χ1v) is 6.75. The number of nitrogens with one attached hydrogen (secondary N) is 2. The van der Waals surface area contributed by atoms with Crippen molar-refractivity contribution in [1.82, 2.24) is 10.3 Å². The fourth-order valence-corrected chi connectivity index (χ4v) is 2.54. The second-order valence-corrected chi connectivity index (χ2v) is 4.90. The van der Waals surface area contributed by atoms with Crippen LogP contribution in [0.25, 0.3) is 10.9 Å². The third-order valence-corrected chi connectivity index (χ3v) is 3.56. The van der Waals surface area contributed by atoms with Crippen LogP contribution in [0.15, 0.2) is 36.4 Å². The van der Waals surface area contributed by atoms with E-state index in [1.54, 1.807) is 0 Å². The summed E-state index contributed by atoms with van der Waals surface area (Å²) in [4.78, 5) is 4.61. The van der Waals surface area contributed by atoms with Crippen LogP contribution in [0.4, 0.5) is 5.82 Å². The summed E-state index contributed by atoms with van der Waals surface area (Å²) in [6.45, 7) is 2.17. The number of rotatable bonds is 4. The monoisotopic (exact) mass is 241 g/mol. The molecule has 0 aliphatic carbocycles. The van der Waals surface area contributed by atoms with Crippen molar-refractivity contribution >= 4 is 16.7 Å². The van der Waals surface area contributed by atoms with Crippen LogP contribution in [0.1, 0.15) is 19.3 Å². The summed E-state index contributed by atoms with van der Waals surface area (Å²) in [5, 5.41) is 8.12. The Hall–Kier alpha value is -1.61. The first-order valence-electron chi connectivity index (χ1n) is 6.75. The SMILES string of the molecule is c1ccc2nc(NCC[C@H]3CCCN3)ccc2c1. The van der Waals surface area contributed by atoms with Crippen molar-refractivity contribution < 1.29 is 0 Å². The predicted molar refractivity (Wildman–Crippen MR) is 75.9 cm³/mol. The molecule has 2 N–H and O–H groups in total. The number of para-hydroxylation sites is 1. The minimum atomic E-state index is 0.693. The molecule has 0 saturated carbocycles. The quantitative estimate of drug-likeness (QED) is 0.864. The molecule has 0 radical (unpaired) electrons. The van der Waals surface area contributed by atoms with Crippen molar-refractivity contribution in [3.05, 3.63) is 36.4 Å². The summed E-state index contributed by atoms with van der Waals surface area (Å²) in [5.41, 5.74) is 1.06. The number of aromatic nitrogens is 1. The summed E-state index contributed by atoms with van der Waals surface area (Å²) in [5.74, 6) is 0.978. The highest BCUT2D eigenvalue weighted by molar-refractivity contribution is 5.79. The van der Waals surface area contributed by atoms with Crippen LogP contribution in [-0.2, 0) is 0 Å². The Bertz CT molecular complexity index is 518.